The Morgan fingerprint density at radius 2 is 2.22 bits per heavy atom. The summed E-state index contributed by atoms with van der Waals surface area (Å²) >= 11 is 0. The van der Waals surface area contributed by atoms with Crippen LogP contribution in [0.5, 0.6) is 0 Å². The van der Waals surface area contributed by atoms with E-state index in [1.165, 1.54) is 0 Å². The minimum absolute atomic E-state index is 0.00641. The van der Waals surface area contributed by atoms with Crippen molar-refractivity contribution in [2.24, 2.45) is 0 Å². The Hall–Kier alpha value is -2.17. The first-order valence-electron chi connectivity index (χ1n) is 7.88. The van der Waals surface area contributed by atoms with Gasteiger partial charge in [0, 0.05) is 32.4 Å². The van der Waals surface area contributed by atoms with Crippen LogP contribution in [0.3, 0.4) is 0 Å². The summed E-state index contributed by atoms with van der Waals surface area (Å²) in [5.74, 6) is 0.689. The molecule has 1 amide bonds. The molecule has 0 bridgehead atoms. The average molecular weight is 316 g/mol. The zero-order chi connectivity index (χ0) is 16.1. The topological polar surface area (TPSA) is 78.7 Å². The summed E-state index contributed by atoms with van der Waals surface area (Å²) in [4.78, 5) is 20.7. The molecule has 1 aromatic rings. The van der Waals surface area contributed by atoms with Crippen molar-refractivity contribution in [1.82, 2.24) is 9.88 Å². The van der Waals surface area contributed by atoms with E-state index in [1.54, 1.807) is 18.3 Å². The number of nitrogens with zero attached hydrogens (tertiary/aromatic N) is 4. The van der Waals surface area contributed by atoms with Gasteiger partial charge < -0.3 is 19.3 Å². The normalized spacial score (nSPS) is 22.3. The molecule has 122 valence electrons. The van der Waals surface area contributed by atoms with Gasteiger partial charge in [-0.15, -0.1) is 0 Å². The Morgan fingerprint density at radius 1 is 1.30 bits per heavy atom. The lowest BCUT2D eigenvalue weighted by Gasteiger charge is -2.28. The third-order valence-corrected chi connectivity index (χ3v) is 4.11. The van der Waals surface area contributed by atoms with E-state index in [9.17, 15) is 10.1 Å². The van der Waals surface area contributed by atoms with Crippen LogP contribution in [0.1, 0.15) is 12.0 Å². The summed E-state index contributed by atoms with van der Waals surface area (Å²) in [5, 5.41) is 9.22. The maximum absolute atomic E-state index is 12.5. The van der Waals surface area contributed by atoms with E-state index in [0.29, 0.717) is 50.8 Å². The van der Waals surface area contributed by atoms with Crippen molar-refractivity contribution in [1.29, 1.82) is 5.26 Å². The molecule has 7 heteroatoms. The molecule has 3 heterocycles. The summed E-state index contributed by atoms with van der Waals surface area (Å²) in [7, 11) is 0. The Labute approximate surface area is 135 Å². The molecule has 1 aromatic heterocycles. The van der Waals surface area contributed by atoms with Crippen molar-refractivity contribution in [3.05, 3.63) is 23.9 Å². The average Bonchev–Trinajstić information content (AvgIpc) is 2.88. The zero-order valence-electron chi connectivity index (χ0n) is 13.0. The number of aromatic nitrogens is 1. The van der Waals surface area contributed by atoms with Crippen LogP contribution in [-0.4, -0.2) is 67.9 Å². The summed E-state index contributed by atoms with van der Waals surface area (Å²) in [6.07, 6.45) is 2.04. The van der Waals surface area contributed by atoms with E-state index in [0.717, 1.165) is 13.0 Å². The summed E-state index contributed by atoms with van der Waals surface area (Å²) < 4.78 is 10.8. The molecule has 2 saturated heterocycles. The molecule has 0 unspecified atom stereocenters. The molecule has 0 spiro atoms. The predicted octanol–water partition coefficient (Wildman–Crippen LogP) is 0.407. The summed E-state index contributed by atoms with van der Waals surface area (Å²) in [6, 6.07) is 5.70. The van der Waals surface area contributed by atoms with E-state index < -0.39 is 6.10 Å². The van der Waals surface area contributed by atoms with E-state index in [1.807, 2.05) is 4.90 Å². The number of anilines is 1. The fourth-order valence-corrected chi connectivity index (χ4v) is 2.92. The van der Waals surface area contributed by atoms with Gasteiger partial charge in [-0.1, -0.05) is 0 Å². The first-order valence-corrected chi connectivity index (χ1v) is 7.88. The number of hydrogen-bond acceptors (Lipinski definition) is 6. The molecule has 7 nitrogen and oxygen atoms in total. The van der Waals surface area contributed by atoms with Gasteiger partial charge in [0.05, 0.1) is 25.4 Å². The van der Waals surface area contributed by atoms with Gasteiger partial charge >= 0.3 is 0 Å². The lowest BCUT2D eigenvalue weighted by molar-refractivity contribution is -0.157. The second kappa shape index (κ2) is 7.40. The van der Waals surface area contributed by atoms with E-state index >= 15 is 0 Å². The highest BCUT2D eigenvalue weighted by Gasteiger charge is 2.29. The van der Waals surface area contributed by atoms with Crippen molar-refractivity contribution in [3.8, 4) is 6.07 Å². The van der Waals surface area contributed by atoms with Gasteiger partial charge in [-0.05, 0) is 18.6 Å². The van der Waals surface area contributed by atoms with Crippen LogP contribution in [0.15, 0.2) is 18.3 Å². The number of rotatable bonds is 2. The Kier molecular flexibility index (Phi) is 5.05. The number of carbonyl (C=O) groups is 1. The third kappa shape index (κ3) is 3.60. The maximum Gasteiger partial charge on any atom is 0.254 e. The largest absolute Gasteiger partial charge is 0.376 e. The second-order valence-corrected chi connectivity index (χ2v) is 5.59. The lowest BCUT2D eigenvalue weighted by atomic mass is 10.2. The lowest BCUT2D eigenvalue weighted by Crippen LogP contribution is -2.46. The van der Waals surface area contributed by atoms with Crippen LogP contribution in [0.2, 0.25) is 0 Å². The molecule has 2 aliphatic rings. The van der Waals surface area contributed by atoms with Crippen molar-refractivity contribution in [2.45, 2.75) is 12.5 Å². The Bertz CT molecular complexity index is 595. The van der Waals surface area contributed by atoms with Crippen molar-refractivity contribution in [2.75, 3.05) is 50.9 Å². The standard InChI is InChI=1S/C16H20N4O3/c17-11-13-3-1-4-18-15(13)19-5-2-6-20(8-7-19)16(21)14-12-22-9-10-23-14/h1,3-4,14H,2,5-10,12H2/t14-/m0/s1. The van der Waals surface area contributed by atoms with Crippen molar-refractivity contribution >= 4 is 11.7 Å². The van der Waals surface area contributed by atoms with E-state index in [-0.39, 0.29) is 5.91 Å². The molecule has 0 aliphatic carbocycles. The molecule has 0 radical (unpaired) electrons. The molecule has 0 N–H and O–H groups in total. The first kappa shape index (κ1) is 15.7. The number of ether oxygens (including phenoxy) is 2. The number of carbonyl (C=O) groups excluding carboxylic acids is 1. The predicted molar refractivity (Wildman–Crippen MR) is 82.9 cm³/mol. The van der Waals surface area contributed by atoms with Crippen LogP contribution in [0, 0.1) is 11.3 Å². The number of hydrogen-bond donors (Lipinski definition) is 0. The van der Waals surface area contributed by atoms with E-state index in [2.05, 4.69) is 16.0 Å². The first-order chi connectivity index (χ1) is 11.3. The Morgan fingerprint density at radius 3 is 3.00 bits per heavy atom. The van der Waals surface area contributed by atoms with Gasteiger partial charge in [0.15, 0.2) is 6.10 Å². The molecule has 3 rings (SSSR count). The summed E-state index contributed by atoms with van der Waals surface area (Å²) in [5.41, 5.74) is 0.566. The number of amides is 1. The van der Waals surface area contributed by atoms with E-state index in [4.69, 9.17) is 9.47 Å². The fraction of sp³-hybridized carbons (Fsp3) is 0.562. The van der Waals surface area contributed by atoms with Crippen LogP contribution < -0.4 is 4.90 Å². The highest BCUT2D eigenvalue weighted by Crippen LogP contribution is 2.18. The van der Waals surface area contributed by atoms with Gasteiger partial charge in [-0.2, -0.15) is 5.26 Å². The fourth-order valence-electron chi connectivity index (χ4n) is 2.92. The zero-order valence-corrected chi connectivity index (χ0v) is 13.0. The minimum atomic E-state index is -0.486. The van der Waals surface area contributed by atoms with Gasteiger partial charge in [0.1, 0.15) is 11.9 Å². The van der Waals surface area contributed by atoms with Gasteiger partial charge in [-0.25, -0.2) is 4.98 Å². The summed E-state index contributed by atoms with van der Waals surface area (Å²) in [6.45, 7) is 4.06. The molecular formula is C16H20N4O3. The second-order valence-electron chi connectivity index (χ2n) is 5.59. The SMILES string of the molecule is N#Cc1cccnc1N1CCCN(C(=O)[C@@H]2COCCO2)CC1. The molecule has 2 aliphatic heterocycles. The molecular weight excluding hydrogens is 296 g/mol. The van der Waals surface area contributed by atoms with Gasteiger partial charge in [0.25, 0.3) is 5.91 Å². The van der Waals surface area contributed by atoms with Crippen molar-refractivity contribution in [3.63, 3.8) is 0 Å². The maximum atomic E-state index is 12.5. The van der Waals surface area contributed by atoms with Crippen molar-refractivity contribution < 1.29 is 14.3 Å². The third-order valence-electron chi connectivity index (χ3n) is 4.11. The quantitative estimate of drug-likeness (QED) is 0.786. The molecule has 1 atom stereocenters. The minimum Gasteiger partial charge on any atom is -0.376 e. The molecule has 0 aromatic carbocycles. The Balaban J connectivity index is 1.65. The van der Waals surface area contributed by atoms with Gasteiger partial charge in [0.2, 0.25) is 0 Å². The monoisotopic (exact) mass is 316 g/mol. The smallest absolute Gasteiger partial charge is 0.254 e. The number of pyridine rings is 1. The van der Waals surface area contributed by atoms with Crippen LogP contribution in [0.4, 0.5) is 5.82 Å². The highest BCUT2D eigenvalue weighted by molar-refractivity contribution is 5.81. The van der Waals surface area contributed by atoms with Gasteiger partial charge in [-0.3, -0.25) is 4.79 Å². The molecule has 2 fully saturated rings. The van der Waals surface area contributed by atoms with Crippen LogP contribution in [-0.2, 0) is 14.3 Å². The van der Waals surface area contributed by atoms with Crippen LogP contribution >= 0.6 is 0 Å². The molecule has 23 heavy (non-hydrogen) atoms. The highest BCUT2D eigenvalue weighted by atomic mass is 16.6. The van der Waals surface area contributed by atoms with Crippen LogP contribution in [0.25, 0.3) is 0 Å². The molecule has 0 saturated carbocycles. The number of nitriles is 1.